The molecule has 1 heteroatoms. The fraction of sp³-hybridized carbons (Fsp3) is 0.167. The lowest BCUT2D eigenvalue weighted by Gasteiger charge is -1.94. The molecule has 0 aliphatic rings. The van der Waals surface area contributed by atoms with Gasteiger partial charge in [0.25, 0.3) is 0 Å². The Bertz CT molecular complexity index is 329. The van der Waals surface area contributed by atoms with Gasteiger partial charge in [-0.25, -0.2) is 0 Å². The van der Waals surface area contributed by atoms with E-state index in [4.69, 9.17) is 0 Å². The molecule has 0 aliphatic carbocycles. The largest absolute Gasteiger partial charge is 0.294 e. The van der Waals surface area contributed by atoms with E-state index in [0.29, 0.717) is 6.42 Å². The van der Waals surface area contributed by atoms with Crippen LogP contribution in [-0.4, -0.2) is 5.78 Å². The van der Waals surface area contributed by atoms with Crippen LogP contribution in [0.25, 0.3) is 0 Å². The molecule has 1 aromatic carbocycles. The minimum absolute atomic E-state index is 0.134. The molecule has 1 nitrogen and oxygen atoms in total. The van der Waals surface area contributed by atoms with Gasteiger partial charge in [-0.15, -0.1) is 5.73 Å². The maximum Gasteiger partial charge on any atom is 0.167 e. The summed E-state index contributed by atoms with van der Waals surface area (Å²) >= 11 is 0. The Morgan fingerprint density at radius 1 is 1.38 bits per heavy atom. The third-order valence-electron chi connectivity index (χ3n) is 1.67. The highest BCUT2D eigenvalue weighted by atomic mass is 16.1. The van der Waals surface area contributed by atoms with Crippen molar-refractivity contribution in [1.29, 1.82) is 0 Å². The Morgan fingerprint density at radius 2 is 2.08 bits per heavy atom. The third kappa shape index (κ3) is 3.10. The lowest BCUT2D eigenvalue weighted by Crippen LogP contribution is -1.95. The number of Topliss-reactive ketones (excluding diaryl/α,β-unsaturated/α-hetero) is 1. The topological polar surface area (TPSA) is 17.1 Å². The first-order chi connectivity index (χ1) is 6.34. The van der Waals surface area contributed by atoms with Crippen molar-refractivity contribution in [2.75, 3.05) is 0 Å². The van der Waals surface area contributed by atoms with E-state index < -0.39 is 0 Å². The fourth-order valence-electron chi connectivity index (χ4n) is 1.01. The molecule has 0 heterocycles. The van der Waals surface area contributed by atoms with Crippen molar-refractivity contribution in [3.63, 3.8) is 0 Å². The zero-order valence-electron chi connectivity index (χ0n) is 7.66. The highest BCUT2D eigenvalue weighted by molar-refractivity contribution is 5.96. The zero-order valence-corrected chi connectivity index (χ0v) is 7.66. The smallest absolute Gasteiger partial charge is 0.167 e. The summed E-state index contributed by atoms with van der Waals surface area (Å²) in [6.07, 6.45) is 3.96. The van der Waals surface area contributed by atoms with Gasteiger partial charge in [-0.1, -0.05) is 30.3 Å². The van der Waals surface area contributed by atoms with Crippen molar-refractivity contribution in [1.82, 2.24) is 0 Å². The molecule has 0 saturated carbocycles. The molecule has 0 amide bonds. The molecule has 0 unspecified atom stereocenters. The maximum atomic E-state index is 11.4. The standard InChI is InChI=1S/C12H12O/c1-2-3-5-10-12(13)11-8-6-4-7-9-11/h2,4-9H,10H2,1H3. The molecule has 0 spiro atoms. The number of hydrogen-bond donors (Lipinski definition) is 0. The molecule has 0 fully saturated rings. The lowest BCUT2D eigenvalue weighted by molar-refractivity contribution is 0.0996. The van der Waals surface area contributed by atoms with Crippen LogP contribution in [0.4, 0.5) is 0 Å². The van der Waals surface area contributed by atoms with Crippen molar-refractivity contribution >= 4 is 5.78 Å². The van der Waals surface area contributed by atoms with E-state index in [1.54, 1.807) is 12.2 Å². The van der Waals surface area contributed by atoms with Gasteiger partial charge in [0.1, 0.15) is 0 Å². The van der Waals surface area contributed by atoms with E-state index in [2.05, 4.69) is 5.73 Å². The molecule has 0 saturated heterocycles. The average molecular weight is 172 g/mol. The van der Waals surface area contributed by atoms with Gasteiger partial charge >= 0.3 is 0 Å². The van der Waals surface area contributed by atoms with Gasteiger partial charge in [0.15, 0.2) is 5.78 Å². The molecule has 66 valence electrons. The molecule has 0 radical (unpaired) electrons. The van der Waals surface area contributed by atoms with Crippen LogP contribution < -0.4 is 0 Å². The monoisotopic (exact) mass is 172 g/mol. The summed E-state index contributed by atoms with van der Waals surface area (Å²) in [5.41, 5.74) is 3.64. The van der Waals surface area contributed by atoms with Crippen molar-refractivity contribution in [3.05, 3.63) is 53.8 Å². The number of rotatable bonds is 3. The van der Waals surface area contributed by atoms with Gasteiger partial charge in [0.05, 0.1) is 0 Å². The van der Waals surface area contributed by atoms with E-state index in [-0.39, 0.29) is 5.78 Å². The second kappa shape index (κ2) is 5.13. The summed E-state index contributed by atoms with van der Waals surface area (Å²) in [5.74, 6) is 0.134. The maximum absolute atomic E-state index is 11.4. The van der Waals surface area contributed by atoms with Crippen molar-refractivity contribution in [3.8, 4) is 0 Å². The number of carbonyl (C=O) groups is 1. The van der Waals surface area contributed by atoms with Gasteiger partial charge < -0.3 is 0 Å². The van der Waals surface area contributed by atoms with Gasteiger partial charge in [-0.2, -0.15) is 0 Å². The molecule has 13 heavy (non-hydrogen) atoms. The molecule has 0 aliphatic heterocycles. The zero-order chi connectivity index (χ0) is 9.52. The van der Waals surface area contributed by atoms with Crippen LogP contribution in [0.3, 0.4) is 0 Å². The average Bonchev–Trinajstić information content (AvgIpc) is 2.19. The fourth-order valence-corrected chi connectivity index (χ4v) is 1.01. The van der Waals surface area contributed by atoms with Crippen LogP contribution in [-0.2, 0) is 0 Å². The minimum Gasteiger partial charge on any atom is -0.294 e. The predicted octanol–water partition coefficient (Wildman–Crippen LogP) is 2.99. The predicted molar refractivity (Wildman–Crippen MR) is 53.7 cm³/mol. The Labute approximate surface area is 78.4 Å². The molecule has 0 N–H and O–H groups in total. The van der Waals surface area contributed by atoms with E-state index in [1.165, 1.54) is 0 Å². The van der Waals surface area contributed by atoms with Crippen molar-refractivity contribution in [2.24, 2.45) is 0 Å². The Hall–Kier alpha value is -1.59. The first kappa shape index (κ1) is 9.50. The number of carbonyl (C=O) groups excluding carboxylic acids is 1. The molecule has 0 atom stereocenters. The molecule has 1 aromatic rings. The Morgan fingerprint density at radius 3 is 2.69 bits per heavy atom. The van der Waals surface area contributed by atoms with Crippen molar-refractivity contribution < 1.29 is 4.79 Å². The van der Waals surface area contributed by atoms with Crippen LogP contribution >= 0.6 is 0 Å². The lowest BCUT2D eigenvalue weighted by atomic mass is 10.1. The molecule has 1 rings (SSSR count). The van der Waals surface area contributed by atoms with Crippen LogP contribution in [0.5, 0.6) is 0 Å². The second-order valence-electron chi connectivity index (χ2n) is 2.65. The number of benzene rings is 1. The highest BCUT2D eigenvalue weighted by Gasteiger charge is 2.00. The highest BCUT2D eigenvalue weighted by Crippen LogP contribution is 2.02. The summed E-state index contributed by atoms with van der Waals surface area (Å²) < 4.78 is 0. The Balaban J connectivity index is 2.65. The van der Waals surface area contributed by atoms with Gasteiger partial charge in [-0.05, 0) is 19.1 Å². The first-order valence-corrected chi connectivity index (χ1v) is 4.28. The minimum atomic E-state index is 0.134. The van der Waals surface area contributed by atoms with Crippen molar-refractivity contribution in [2.45, 2.75) is 13.3 Å². The summed E-state index contributed by atoms with van der Waals surface area (Å²) in [5, 5.41) is 0. The molecular weight excluding hydrogens is 160 g/mol. The summed E-state index contributed by atoms with van der Waals surface area (Å²) in [6, 6.07) is 9.29. The third-order valence-corrected chi connectivity index (χ3v) is 1.67. The normalized spacial score (nSPS) is 8.69. The van der Waals surface area contributed by atoms with Crippen LogP contribution in [0, 0.1) is 0 Å². The van der Waals surface area contributed by atoms with E-state index in [0.717, 1.165) is 5.56 Å². The van der Waals surface area contributed by atoms with E-state index in [9.17, 15) is 4.79 Å². The number of ketones is 1. The number of hydrogen-bond acceptors (Lipinski definition) is 1. The summed E-state index contributed by atoms with van der Waals surface area (Å²) in [4.78, 5) is 11.4. The number of allylic oxidation sites excluding steroid dienone is 1. The van der Waals surface area contributed by atoms with Gasteiger partial charge in [-0.3, -0.25) is 4.79 Å². The molecule has 0 bridgehead atoms. The molecule has 0 aromatic heterocycles. The summed E-state index contributed by atoms with van der Waals surface area (Å²) in [7, 11) is 0. The molecular formula is C12H12O. The van der Waals surface area contributed by atoms with E-state index >= 15 is 0 Å². The van der Waals surface area contributed by atoms with E-state index in [1.807, 2.05) is 37.3 Å². The Kier molecular flexibility index (Phi) is 3.74. The van der Waals surface area contributed by atoms with Gasteiger partial charge in [0, 0.05) is 12.0 Å². The van der Waals surface area contributed by atoms with Crippen LogP contribution in [0.1, 0.15) is 23.7 Å². The van der Waals surface area contributed by atoms with Gasteiger partial charge in [0.2, 0.25) is 0 Å². The summed E-state index contributed by atoms with van der Waals surface area (Å²) in [6.45, 7) is 1.88. The second-order valence-corrected chi connectivity index (χ2v) is 2.65. The quantitative estimate of drug-likeness (QED) is 0.506. The first-order valence-electron chi connectivity index (χ1n) is 4.28. The SMILES string of the molecule is CC=C=CCC(=O)c1ccccc1. The van der Waals surface area contributed by atoms with Crippen LogP contribution in [0.15, 0.2) is 48.2 Å². The van der Waals surface area contributed by atoms with Crippen LogP contribution in [0.2, 0.25) is 0 Å².